The van der Waals surface area contributed by atoms with Gasteiger partial charge in [-0.05, 0) is 68.4 Å². The van der Waals surface area contributed by atoms with E-state index in [0.717, 1.165) is 38.0 Å². The Labute approximate surface area is 255 Å². The Morgan fingerprint density at radius 3 is 2.44 bits per heavy atom. The van der Waals surface area contributed by atoms with Gasteiger partial charge >= 0.3 is 0 Å². The Morgan fingerprint density at radius 1 is 0.953 bits per heavy atom. The van der Waals surface area contributed by atoms with Crippen molar-refractivity contribution in [3.63, 3.8) is 0 Å². The standard InChI is InChI=1S/C35H33ClN2O5/c1-19-15-29(40)32-27(33(19)41)17-25-23(30(32)26-16-21(36)7-10-28(26)39)8-9-24-31(25)35(43)38(34(24)42)22-11-13-37(14-12-22)18-20-5-3-2-4-6-20/h2-8,10,15-16,22,24-25,30-31,39H,9,11-14,17-18H2,1H3. The molecule has 2 fully saturated rings. The zero-order valence-corrected chi connectivity index (χ0v) is 24.7. The lowest BCUT2D eigenvalue weighted by Crippen LogP contribution is -2.47. The lowest BCUT2D eigenvalue weighted by atomic mass is 9.59. The molecule has 2 aliphatic heterocycles. The van der Waals surface area contributed by atoms with Crippen LogP contribution in [0, 0.1) is 17.8 Å². The van der Waals surface area contributed by atoms with Crippen LogP contribution in [0.1, 0.15) is 49.7 Å². The number of likely N-dealkylation sites (tertiary alicyclic amines) is 2. The number of allylic oxidation sites excluding steroid dienone is 6. The fourth-order valence-corrected chi connectivity index (χ4v) is 8.24. The highest BCUT2D eigenvalue weighted by Crippen LogP contribution is 2.56. The molecule has 3 aliphatic carbocycles. The largest absolute Gasteiger partial charge is 0.508 e. The Hall–Kier alpha value is -3.81. The number of imide groups is 1. The van der Waals surface area contributed by atoms with Gasteiger partial charge in [0.2, 0.25) is 11.8 Å². The number of phenols is 1. The van der Waals surface area contributed by atoms with E-state index in [4.69, 9.17) is 11.6 Å². The van der Waals surface area contributed by atoms with E-state index in [0.29, 0.717) is 33.7 Å². The number of aromatic hydroxyl groups is 1. The van der Waals surface area contributed by atoms with E-state index in [9.17, 15) is 24.3 Å². The molecule has 2 heterocycles. The number of hydrogen-bond acceptors (Lipinski definition) is 6. The van der Waals surface area contributed by atoms with Crippen molar-refractivity contribution in [3.05, 3.63) is 99.1 Å². The summed E-state index contributed by atoms with van der Waals surface area (Å²) < 4.78 is 0. The number of phenolic OH excluding ortho intramolecular Hbond substituents is 1. The average Bonchev–Trinajstić information content (AvgIpc) is 3.26. The first-order valence-corrected chi connectivity index (χ1v) is 15.4. The zero-order valence-electron chi connectivity index (χ0n) is 24.0. The van der Waals surface area contributed by atoms with Crippen molar-refractivity contribution >= 4 is 35.0 Å². The minimum Gasteiger partial charge on any atom is -0.508 e. The third-order valence-electron chi connectivity index (χ3n) is 10.1. The summed E-state index contributed by atoms with van der Waals surface area (Å²) >= 11 is 6.35. The summed E-state index contributed by atoms with van der Waals surface area (Å²) in [5, 5.41) is 11.3. The van der Waals surface area contributed by atoms with Gasteiger partial charge in [0.1, 0.15) is 5.75 Å². The Balaban J connectivity index is 1.19. The molecule has 220 valence electrons. The van der Waals surface area contributed by atoms with Gasteiger partial charge in [-0.3, -0.25) is 29.0 Å². The summed E-state index contributed by atoms with van der Waals surface area (Å²) in [7, 11) is 0. The molecule has 0 radical (unpaired) electrons. The predicted octanol–water partition coefficient (Wildman–Crippen LogP) is 5.14. The first-order chi connectivity index (χ1) is 20.7. The molecule has 0 spiro atoms. The van der Waals surface area contributed by atoms with Gasteiger partial charge in [0.15, 0.2) is 11.6 Å². The lowest BCUT2D eigenvalue weighted by Gasteiger charge is -2.42. The first-order valence-electron chi connectivity index (χ1n) is 15.0. The van der Waals surface area contributed by atoms with Crippen LogP contribution in [0.5, 0.6) is 5.75 Å². The van der Waals surface area contributed by atoms with E-state index >= 15 is 0 Å². The molecule has 8 heteroatoms. The predicted molar refractivity (Wildman–Crippen MR) is 161 cm³/mol. The quantitative estimate of drug-likeness (QED) is 0.298. The van der Waals surface area contributed by atoms with E-state index in [1.165, 1.54) is 22.6 Å². The average molecular weight is 597 g/mol. The summed E-state index contributed by atoms with van der Waals surface area (Å²) in [6, 6.07) is 14.8. The Bertz CT molecular complexity index is 1650. The number of amides is 2. The highest BCUT2D eigenvalue weighted by molar-refractivity contribution is 6.30. The van der Waals surface area contributed by atoms with E-state index < -0.39 is 23.7 Å². The first kappa shape index (κ1) is 28.0. The lowest BCUT2D eigenvalue weighted by molar-refractivity contribution is -0.144. The molecule has 2 saturated heterocycles. The second-order valence-electron chi connectivity index (χ2n) is 12.5. The molecule has 0 aromatic heterocycles. The van der Waals surface area contributed by atoms with Crippen molar-refractivity contribution in [1.29, 1.82) is 0 Å². The normalized spacial score (nSPS) is 28.0. The van der Waals surface area contributed by atoms with E-state index in [1.807, 2.05) is 24.3 Å². The topological polar surface area (TPSA) is 95.0 Å². The maximum absolute atomic E-state index is 14.2. The van der Waals surface area contributed by atoms with E-state index in [1.54, 1.807) is 19.1 Å². The summed E-state index contributed by atoms with van der Waals surface area (Å²) in [6.45, 7) is 4.06. The fourth-order valence-electron chi connectivity index (χ4n) is 8.06. The van der Waals surface area contributed by atoms with Crippen LogP contribution in [0.25, 0.3) is 0 Å². The van der Waals surface area contributed by atoms with Crippen LogP contribution in [0.2, 0.25) is 5.02 Å². The van der Waals surface area contributed by atoms with Gasteiger partial charge in [-0.2, -0.15) is 0 Å². The number of hydrogen-bond donors (Lipinski definition) is 1. The molecule has 1 N–H and O–H groups in total. The minimum absolute atomic E-state index is 0.0332. The number of Topliss-reactive ketones (excluding diaryl/α,β-unsaturated/α-hetero) is 1. The van der Waals surface area contributed by atoms with Gasteiger partial charge in [0, 0.05) is 58.9 Å². The van der Waals surface area contributed by atoms with Gasteiger partial charge in [-0.1, -0.05) is 53.6 Å². The van der Waals surface area contributed by atoms with Crippen LogP contribution in [0.4, 0.5) is 0 Å². The fraction of sp³-hybridized carbons (Fsp3) is 0.371. The maximum atomic E-state index is 14.2. The molecule has 2 aromatic rings. The molecule has 4 atom stereocenters. The van der Waals surface area contributed by atoms with Crippen LogP contribution in [0.3, 0.4) is 0 Å². The zero-order chi connectivity index (χ0) is 30.0. The SMILES string of the molecule is CC1=CC(=O)C2=C(CC3C(=CCC4C(=O)N(C5CCN(Cc6ccccc6)CC5)C(=O)C43)C2c2cc(Cl)ccc2O)C1=O. The number of carbonyl (C=O) groups is 4. The molecule has 7 rings (SSSR count). The van der Waals surface area contributed by atoms with Crippen LogP contribution in [-0.2, 0) is 25.7 Å². The van der Waals surface area contributed by atoms with Gasteiger partial charge < -0.3 is 5.11 Å². The van der Waals surface area contributed by atoms with Crippen molar-refractivity contribution in [1.82, 2.24) is 9.80 Å². The molecule has 7 nitrogen and oxygen atoms in total. The summed E-state index contributed by atoms with van der Waals surface area (Å²) in [5.74, 6) is -3.07. The number of piperidine rings is 1. The van der Waals surface area contributed by atoms with Gasteiger partial charge in [0.25, 0.3) is 0 Å². The van der Waals surface area contributed by atoms with Gasteiger partial charge in [0.05, 0.1) is 11.8 Å². The summed E-state index contributed by atoms with van der Waals surface area (Å²) in [6.07, 6.45) is 5.37. The molecule has 0 saturated carbocycles. The molecule has 4 unspecified atom stereocenters. The molecule has 2 aromatic carbocycles. The van der Waals surface area contributed by atoms with Crippen LogP contribution < -0.4 is 0 Å². The smallest absolute Gasteiger partial charge is 0.233 e. The van der Waals surface area contributed by atoms with Crippen molar-refractivity contribution < 1.29 is 24.3 Å². The van der Waals surface area contributed by atoms with Crippen LogP contribution in [-0.4, -0.2) is 57.4 Å². The van der Waals surface area contributed by atoms with Crippen molar-refractivity contribution in [3.8, 4) is 5.75 Å². The van der Waals surface area contributed by atoms with Gasteiger partial charge in [-0.15, -0.1) is 0 Å². The molecular weight excluding hydrogens is 564 g/mol. The maximum Gasteiger partial charge on any atom is 0.233 e. The summed E-state index contributed by atoms with van der Waals surface area (Å²) in [4.78, 5) is 58.9. The molecule has 0 bridgehead atoms. The number of fused-ring (bicyclic) bond motifs is 3. The third kappa shape index (κ3) is 4.61. The third-order valence-corrected chi connectivity index (χ3v) is 10.3. The van der Waals surface area contributed by atoms with Crippen LogP contribution in [0.15, 0.2) is 83.0 Å². The number of ketones is 2. The molecule has 2 amide bonds. The van der Waals surface area contributed by atoms with Crippen molar-refractivity contribution in [2.45, 2.75) is 51.1 Å². The van der Waals surface area contributed by atoms with Crippen LogP contribution >= 0.6 is 11.6 Å². The van der Waals surface area contributed by atoms with Crippen molar-refractivity contribution in [2.24, 2.45) is 17.8 Å². The van der Waals surface area contributed by atoms with Crippen molar-refractivity contribution in [2.75, 3.05) is 13.1 Å². The molecular formula is C35H33ClN2O5. The number of carbonyl (C=O) groups excluding carboxylic acids is 4. The number of rotatable bonds is 4. The number of nitrogens with zero attached hydrogens (tertiary/aromatic N) is 2. The highest BCUT2D eigenvalue weighted by Gasteiger charge is 2.57. The number of halogens is 1. The highest BCUT2D eigenvalue weighted by atomic mass is 35.5. The Kier molecular flexibility index (Phi) is 6.98. The monoisotopic (exact) mass is 596 g/mol. The van der Waals surface area contributed by atoms with E-state index in [-0.39, 0.29) is 41.6 Å². The second-order valence-corrected chi connectivity index (χ2v) is 12.9. The molecule has 5 aliphatic rings. The van der Waals surface area contributed by atoms with E-state index in [2.05, 4.69) is 17.0 Å². The molecule has 43 heavy (non-hydrogen) atoms. The number of benzene rings is 2. The Morgan fingerprint density at radius 2 is 1.70 bits per heavy atom. The summed E-state index contributed by atoms with van der Waals surface area (Å²) in [5.41, 5.74) is 3.57. The van der Waals surface area contributed by atoms with Gasteiger partial charge in [-0.25, -0.2) is 0 Å². The second kappa shape index (κ2) is 10.7. The minimum atomic E-state index is -0.715.